The number of ketones is 1. The Morgan fingerprint density at radius 3 is 2.61 bits per heavy atom. The van der Waals surface area contributed by atoms with E-state index in [1.165, 1.54) is 0 Å². The number of rotatable bonds is 7. The molecule has 1 aromatic carbocycles. The fourth-order valence-electron chi connectivity index (χ4n) is 1.49. The Morgan fingerprint density at radius 1 is 1.39 bits per heavy atom. The second-order valence-electron chi connectivity index (χ2n) is 4.17. The minimum absolute atomic E-state index is 0.0548. The highest BCUT2D eigenvalue weighted by Crippen LogP contribution is 2.15. The molecular weight excluding hydrogens is 230 g/mol. The number of carbonyl (C=O) groups excluding carboxylic acids is 1. The Bertz CT molecular complexity index is 434. The van der Waals surface area contributed by atoms with Crippen LogP contribution in [0.2, 0.25) is 0 Å². The maximum Gasteiger partial charge on any atom is 0.162 e. The van der Waals surface area contributed by atoms with E-state index in [0.29, 0.717) is 24.9 Å². The van der Waals surface area contributed by atoms with Gasteiger partial charge in [0, 0.05) is 23.4 Å². The Morgan fingerprint density at radius 2 is 2.06 bits per heavy atom. The number of azide groups is 1. The van der Waals surface area contributed by atoms with E-state index in [4.69, 9.17) is 10.3 Å². The quantitative estimate of drug-likeness (QED) is 0.242. The van der Waals surface area contributed by atoms with Crippen LogP contribution in [0, 0.1) is 0 Å². The van der Waals surface area contributed by atoms with Crippen molar-refractivity contribution in [2.24, 2.45) is 5.11 Å². The smallest absolute Gasteiger partial charge is 0.162 e. The lowest BCUT2D eigenvalue weighted by atomic mass is 10.1. The molecule has 0 saturated heterocycles. The molecule has 0 saturated carbocycles. The third-order valence-electron chi connectivity index (χ3n) is 2.27. The third-order valence-corrected chi connectivity index (χ3v) is 2.27. The highest BCUT2D eigenvalue weighted by Gasteiger charge is 2.05. The number of hydrogen-bond donors (Lipinski definition) is 0. The molecule has 1 rings (SSSR count). The van der Waals surface area contributed by atoms with Crippen molar-refractivity contribution in [2.45, 2.75) is 32.8 Å². The Balaban J connectivity index is 2.51. The lowest BCUT2D eigenvalue weighted by molar-refractivity contribution is 0.0981. The van der Waals surface area contributed by atoms with Crippen LogP contribution in [0.4, 0.5) is 0 Å². The fourth-order valence-corrected chi connectivity index (χ4v) is 1.49. The molecule has 0 spiro atoms. The molecule has 0 N–H and O–H groups in total. The second kappa shape index (κ2) is 7.35. The predicted molar refractivity (Wildman–Crippen MR) is 69.8 cm³/mol. The van der Waals surface area contributed by atoms with Gasteiger partial charge in [0.1, 0.15) is 5.75 Å². The molecule has 0 unspecified atom stereocenters. The van der Waals surface area contributed by atoms with Gasteiger partial charge in [-0.3, -0.25) is 4.79 Å². The normalized spacial score (nSPS) is 9.94. The molecule has 0 aromatic heterocycles. The van der Waals surface area contributed by atoms with Crippen LogP contribution >= 0.6 is 0 Å². The van der Waals surface area contributed by atoms with Crippen LogP contribution in [0.15, 0.2) is 29.4 Å². The van der Waals surface area contributed by atoms with Gasteiger partial charge < -0.3 is 4.74 Å². The van der Waals surface area contributed by atoms with Crippen molar-refractivity contribution in [1.29, 1.82) is 0 Å². The van der Waals surface area contributed by atoms with E-state index in [1.54, 1.807) is 24.3 Å². The van der Waals surface area contributed by atoms with Crippen molar-refractivity contribution in [1.82, 2.24) is 0 Å². The van der Waals surface area contributed by atoms with Gasteiger partial charge in [-0.25, -0.2) is 0 Å². The first-order chi connectivity index (χ1) is 8.63. The number of Topliss-reactive ketones (excluding diaryl/α,β-unsaturated/α-hetero) is 1. The summed E-state index contributed by atoms with van der Waals surface area (Å²) in [7, 11) is 0. The summed E-state index contributed by atoms with van der Waals surface area (Å²) in [6, 6.07) is 7.10. The van der Waals surface area contributed by atoms with E-state index in [0.717, 1.165) is 5.75 Å². The molecule has 0 atom stereocenters. The number of ether oxygens (including phenoxy) is 1. The first kappa shape index (κ1) is 14.1. The van der Waals surface area contributed by atoms with Crippen molar-refractivity contribution in [3.05, 3.63) is 40.3 Å². The van der Waals surface area contributed by atoms with Crippen LogP contribution in [0.3, 0.4) is 0 Å². The molecular formula is C13H17N3O2. The molecule has 0 radical (unpaired) electrons. The molecule has 0 amide bonds. The zero-order chi connectivity index (χ0) is 13.4. The lowest BCUT2D eigenvalue weighted by Crippen LogP contribution is -2.06. The Kier molecular flexibility index (Phi) is 5.74. The molecule has 5 nitrogen and oxygen atoms in total. The molecule has 18 heavy (non-hydrogen) atoms. The van der Waals surface area contributed by atoms with E-state index < -0.39 is 0 Å². The summed E-state index contributed by atoms with van der Waals surface area (Å²) >= 11 is 0. The molecule has 5 heteroatoms. The van der Waals surface area contributed by atoms with Gasteiger partial charge >= 0.3 is 0 Å². The van der Waals surface area contributed by atoms with Gasteiger partial charge in [0.15, 0.2) is 5.78 Å². The van der Waals surface area contributed by atoms with Crippen molar-refractivity contribution in [3.63, 3.8) is 0 Å². The maximum atomic E-state index is 11.8. The largest absolute Gasteiger partial charge is 0.491 e. The van der Waals surface area contributed by atoms with Crippen LogP contribution in [0.5, 0.6) is 5.75 Å². The van der Waals surface area contributed by atoms with Gasteiger partial charge in [0.25, 0.3) is 0 Å². The summed E-state index contributed by atoms with van der Waals surface area (Å²) in [5.41, 5.74) is 8.77. The molecule has 0 fully saturated rings. The van der Waals surface area contributed by atoms with Gasteiger partial charge in [-0.1, -0.05) is 5.11 Å². The zero-order valence-electron chi connectivity index (χ0n) is 10.7. The minimum Gasteiger partial charge on any atom is -0.491 e. The Hall–Kier alpha value is -2.00. The summed E-state index contributed by atoms with van der Waals surface area (Å²) < 4.78 is 5.50. The third kappa shape index (κ3) is 4.89. The van der Waals surface area contributed by atoms with E-state index in [9.17, 15) is 4.79 Å². The van der Waals surface area contributed by atoms with E-state index in [2.05, 4.69) is 10.0 Å². The van der Waals surface area contributed by atoms with E-state index in [1.807, 2.05) is 13.8 Å². The summed E-state index contributed by atoms with van der Waals surface area (Å²) in [6.07, 6.45) is 1.09. The number of hydrogen-bond acceptors (Lipinski definition) is 3. The topological polar surface area (TPSA) is 75.1 Å². The average molecular weight is 247 g/mol. The van der Waals surface area contributed by atoms with Gasteiger partial charge in [0.05, 0.1) is 6.10 Å². The van der Waals surface area contributed by atoms with Crippen molar-refractivity contribution in [2.75, 3.05) is 6.54 Å². The van der Waals surface area contributed by atoms with Crippen LogP contribution in [-0.2, 0) is 0 Å². The first-order valence-electron chi connectivity index (χ1n) is 5.94. The molecule has 1 aromatic rings. The SMILES string of the molecule is CC(C)Oc1ccc(C(=O)CCCN=[N+]=[N-])cc1. The maximum absolute atomic E-state index is 11.8. The molecule has 0 aliphatic heterocycles. The van der Waals surface area contributed by atoms with Crippen LogP contribution in [-0.4, -0.2) is 18.4 Å². The number of carbonyl (C=O) groups is 1. The van der Waals surface area contributed by atoms with E-state index >= 15 is 0 Å². The zero-order valence-corrected chi connectivity index (χ0v) is 10.7. The lowest BCUT2D eigenvalue weighted by Gasteiger charge is -2.09. The number of nitrogens with zero attached hydrogens (tertiary/aromatic N) is 3. The van der Waals surface area contributed by atoms with Crippen molar-refractivity contribution in [3.8, 4) is 5.75 Å². The Labute approximate surface area is 106 Å². The predicted octanol–water partition coefficient (Wildman–Crippen LogP) is 3.75. The summed E-state index contributed by atoms with van der Waals surface area (Å²) in [6.45, 7) is 4.26. The van der Waals surface area contributed by atoms with Crippen LogP contribution < -0.4 is 4.74 Å². The second-order valence-corrected chi connectivity index (χ2v) is 4.17. The van der Waals surface area contributed by atoms with Gasteiger partial charge in [-0.2, -0.15) is 0 Å². The highest BCUT2D eigenvalue weighted by molar-refractivity contribution is 5.96. The molecule has 0 bridgehead atoms. The van der Waals surface area contributed by atoms with Gasteiger partial charge in [0.2, 0.25) is 0 Å². The van der Waals surface area contributed by atoms with Gasteiger partial charge in [-0.15, -0.1) is 0 Å². The van der Waals surface area contributed by atoms with Crippen LogP contribution in [0.25, 0.3) is 10.4 Å². The monoisotopic (exact) mass is 247 g/mol. The molecule has 0 heterocycles. The van der Waals surface area contributed by atoms with Crippen molar-refractivity contribution < 1.29 is 9.53 Å². The number of benzene rings is 1. The van der Waals surface area contributed by atoms with Crippen LogP contribution in [0.1, 0.15) is 37.0 Å². The highest BCUT2D eigenvalue weighted by atomic mass is 16.5. The molecule has 0 aliphatic carbocycles. The standard InChI is InChI=1S/C13H17N3O2/c1-10(2)18-12-7-5-11(6-8-12)13(17)4-3-9-15-16-14/h5-8,10H,3-4,9H2,1-2H3. The average Bonchev–Trinajstić information content (AvgIpc) is 2.34. The molecule has 0 aliphatic rings. The van der Waals surface area contributed by atoms with Gasteiger partial charge in [-0.05, 0) is 50.1 Å². The van der Waals surface area contributed by atoms with E-state index in [-0.39, 0.29) is 11.9 Å². The first-order valence-corrected chi connectivity index (χ1v) is 5.94. The molecule has 96 valence electrons. The van der Waals surface area contributed by atoms with Crippen molar-refractivity contribution >= 4 is 5.78 Å². The minimum atomic E-state index is 0.0548. The summed E-state index contributed by atoms with van der Waals surface area (Å²) in [4.78, 5) is 14.4. The summed E-state index contributed by atoms with van der Waals surface area (Å²) in [5.74, 6) is 0.815. The fraction of sp³-hybridized carbons (Fsp3) is 0.462. The summed E-state index contributed by atoms with van der Waals surface area (Å²) in [5, 5.41) is 3.39.